The zero-order chi connectivity index (χ0) is 17.3. The number of aromatic nitrogens is 2. The summed E-state index contributed by atoms with van der Waals surface area (Å²) in [4.78, 5) is 13.4. The Balaban J connectivity index is 1.37. The van der Waals surface area contributed by atoms with Crippen molar-refractivity contribution in [3.63, 3.8) is 0 Å². The quantitative estimate of drug-likeness (QED) is 0.716. The van der Waals surface area contributed by atoms with Crippen molar-refractivity contribution in [2.45, 2.75) is 31.7 Å². The first-order valence-corrected chi connectivity index (χ1v) is 10.5. The first-order chi connectivity index (χ1) is 12.8. The molecule has 2 aromatic heterocycles. The second-order valence-corrected chi connectivity index (χ2v) is 8.50. The number of para-hydroxylation sites is 1. The van der Waals surface area contributed by atoms with Crippen molar-refractivity contribution in [3.8, 4) is 10.7 Å². The molecule has 0 atom stereocenters. The van der Waals surface area contributed by atoms with Gasteiger partial charge in [-0.15, -0.1) is 11.3 Å². The number of fused-ring (bicyclic) bond motifs is 1. The summed E-state index contributed by atoms with van der Waals surface area (Å²) >= 11 is 1.69. The smallest absolute Gasteiger partial charge is 0.172 e. The third-order valence-electron chi connectivity index (χ3n) is 5.49. The molecule has 2 aliphatic rings. The Hall–Kier alpha value is -1.98. The maximum atomic E-state index is 4.89. The third-order valence-corrected chi connectivity index (χ3v) is 6.35. The van der Waals surface area contributed by atoms with Gasteiger partial charge in [0.05, 0.1) is 10.4 Å². The van der Waals surface area contributed by atoms with Crippen LogP contribution in [0, 0.1) is 5.92 Å². The Morgan fingerprint density at radius 1 is 1.00 bits per heavy atom. The lowest BCUT2D eigenvalue weighted by Gasteiger charge is -2.32. The van der Waals surface area contributed by atoms with E-state index in [1.807, 2.05) is 6.07 Å². The van der Waals surface area contributed by atoms with Crippen LogP contribution in [0.2, 0.25) is 0 Å². The van der Waals surface area contributed by atoms with Crippen LogP contribution in [-0.4, -0.2) is 40.5 Å². The van der Waals surface area contributed by atoms with E-state index in [2.05, 4.69) is 45.9 Å². The highest BCUT2D eigenvalue weighted by atomic mass is 32.1. The number of benzene rings is 1. The van der Waals surface area contributed by atoms with Crippen LogP contribution < -0.4 is 5.32 Å². The molecule has 1 aliphatic carbocycles. The number of nitrogens with zero attached hydrogens (tertiary/aromatic N) is 3. The fourth-order valence-electron chi connectivity index (χ4n) is 3.82. The number of thiophene rings is 1. The van der Waals surface area contributed by atoms with Crippen molar-refractivity contribution in [1.29, 1.82) is 0 Å². The number of rotatable bonds is 5. The summed E-state index contributed by atoms with van der Waals surface area (Å²) in [7, 11) is 0. The van der Waals surface area contributed by atoms with Crippen LogP contribution in [0.5, 0.6) is 0 Å². The topological polar surface area (TPSA) is 41.1 Å². The van der Waals surface area contributed by atoms with E-state index in [1.165, 1.54) is 45.3 Å². The van der Waals surface area contributed by atoms with Gasteiger partial charge in [0.1, 0.15) is 5.82 Å². The lowest BCUT2D eigenvalue weighted by molar-refractivity contribution is 0.211. The minimum absolute atomic E-state index is 0.500. The molecular formula is C21H24N4S. The molecule has 0 bridgehead atoms. The fourth-order valence-corrected chi connectivity index (χ4v) is 4.48. The number of likely N-dealkylation sites (tertiary alicyclic amines) is 1. The molecule has 0 amide bonds. The van der Waals surface area contributed by atoms with Crippen molar-refractivity contribution in [1.82, 2.24) is 14.9 Å². The highest BCUT2D eigenvalue weighted by molar-refractivity contribution is 7.13. The molecular weight excluding hydrogens is 340 g/mol. The molecule has 5 heteroatoms. The van der Waals surface area contributed by atoms with Crippen LogP contribution >= 0.6 is 11.3 Å². The standard InChI is InChI=1S/C21H24N4S/c1-2-5-18-17(4-1)20(24-21(23-18)19-6-3-13-26-19)22-16-9-11-25(12-10-16)14-15-7-8-15/h1-6,13,15-16H,7-12,14H2,(H,22,23,24). The first-order valence-electron chi connectivity index (χ1n) is 9.65. The van der Waals surface area contributed by atoms with Gasteiger partial charge in [0.2, 0.25) is 0 Å². The van der Waals surface area contributed by atoms with Gasteiger partial charge in [0.25, 0.3) is 0 Å². The van der Waals surface area contributed by atoms with E-state index in [1.54, 1.807) is 11.3 Å². The average Bonchev–Trinajstić information content (AvgIpc) is 3.31. The van der Waals surface area contributed by atoms with Gasteiger partial charge in [-0.2, -0.15) is 0 Å². The zero-order valence-corrected chi connectivity index (χ0v) is 15.7. The van der Waals surface area contributed by atoms with Crippen molar-refractivity contribution in [2.75, 3.05) is 25.0 Å². The molecule has 1 saturated heterocycles. The van der Waals surface area contributed by atoms with Crippen LogP contribution in [0.15, 0.2) is 41.8 Å². The molecule has 1 N–H and O–H groups in total. The monoisotopic (exact) mass is 364 g/mol. The SMILES string of the molecule is c1csc(-c2nc(NC3CCN(CC4CC4)CC3)c3ccccc3n2)c1. The fraction of sp³-hybridized carbons (Fsp3) is 0.429. The second-order valence-electron chi connectivity index (χ2n) is 7.55. The van der Waals surface area contributed by atoms with E-state index in [0.717, 1.165) is 33.3 Å². The largest absolute Gasteiger partial charge is 0.367 e. The lowest BCUT2D eigenvalue weighted by atomic mass is 10.0. The molecule has 1 aromatic carbocycles. The molecule has 1 saturated carbocycles. The van der Waals surface area contributed by atoms with Crippen molar-refractivity contribution < 1.29 is 0 Å². The Labute approximate surface area is 158 Å². The van der Waals surface area contributed by atoms with Gasteiger partial charge in [-0.25, -0.2) is 9.97 Å². The van der Waals surface area contributed by atoms with Crippen LogP contribution in [0.25, 0.3) is 21.6 Å². The molecule has 3 heterocycles. The number of nitrogens with one attached hydrogen (secondary N) is 1. The molecule has 3 aromatic rings. The Morgan fingerprint density at radius 2 is 1.85 bits per heavy atom. The molecule has 4 nitrogen and oxygen atoms in total. The minimum Gasteiger partial charge on any atom is -0.367 e. The molecule has 0 radical (unpaired) electrons. The molecule has 0 spiro atoms. The van der Waals surface area contributed by atoms with E-state index in [4.69, 9.17) is 9.97 Å². The summed E-state index contributed by atoms with van der Waals surface area (Å²) in [6.07, 6.45) is 5.27. The Kier molecular flexibility index (Phi) is 4.35. The van der Waals surface area contributed by atoms with Gasteiger partial charge in [-0.1, -0.05) is 18.2 Å². The number of hydrogen-bond acceptors (Lipinski definition) is 5. The van der Waals surface area contributed by atoms with Gasteiger partial charge in [0, 0.05) is 31.1 Å². The Bertz CT molecular complexity index is 880. The van der Waals surface area contributed by atoms with E-state index in [-0.39, 0.29) is 0 Å². The number of hydrogen-bond donors (Lipinski definition) is 1. The number of anilines is 1. The predicted molar refractivity (Wildman–Crippen MR) is 109 cm³/mol. The van der Waals surface area contributed by atoms with Crippen LogP contribution in [-0.2, 0) is 0 Å². The van der Waals surface area contributed by atoms with Gasteiger partial charge in [-0.05, 0) is 55.2 Å². The molecule has 134 valence electrons. The van der Waals surface area contributed by atoms with Gasteiger partial charge in [-0.3, -0.25) is 0 Å². The first kappa shape index (κ1) is 16.2. The number of piperidine rings is 1. The summed E-state index contributed by atoms with van der Waals surface area (Å²) in [6, 6.07) is 13.0. The van der Waals surface area contributed by atoms with Crippen molar-refractivity contribution in [3.05, 3.63) is 41.8 Å². The minimum atomic E-state index is 0.500. The van der Waals surface area contributed by atoms with E-state index in [0.29, 0.717) is 6.04 Å². The van der Waals surface area contributed by atoms with E-state index >= 15 is 0 Å². The summed E-state index contributed by atoms with van der Waals surface area (Å²) in [5.41, 5.74) is 1.01. The van der Waals surface area contributed by atoms with Gasteiger partial charge < -0.3 is 10.2 Å². The Morgan fingerprint density at radius 3 is 2.62 bits per heavy atom. The summed E-state index contributed by atoms with van der Waals surface area (Å²) < 4.78 is 0. The maximum absolute atomic E-state index is 4.89. The summed E-state index contributed by atoms with van der Waals surface area (Å²) in [5.74, 6) is 2.80. The molecule has 5 rings (SSSR count). The highest BCUT2D eigenvalue weighted by Crippen LogP contribution is 2.31. The van der Waals surface area contributed by atoms with E-state index < -0.39 is 0 Å². The zero-order valence-electron chi connectivity index (χ0n) is 14.9. The lowest BCUT2D eigenvalue weighted by Crippen LogP contribution is -2.40. The summed E-state index contributed by atoms with van der Waals surface area (Å²) in [5, 5.41) is 6.94. The van der Waals surface area contributed by atoms with E-state index in [9.17, 15) is 0 Å². The molecule has 2 fully saturated rings. The normalized spacial score (nSPS) is 19.1. The predicted octanol–water partition coefficient (Wildman–Crippen LogP) is 4.64. The van der Waals surface area contributed by atoms with Crippen LogP contribution in [0.4, 0.5) is 5.82 Å². The third kappa shape index (κ3) is 3.46. The van der Waals surface area contributed by atoms with Gasteiger partial charge in [0.15, 0.2) is 5.82 Å². The average molecular weight is 365 g/mol. The molecule has 26 heavy (non-hydrogen) atoms. The molecule has 0 unspecified atom stereocenters. The maximum Gasteiger partial charge on any atom is 0.172 e. The highest BCUT2D eigenvalue weighted by Gasteiger charge is 2.27. The second kappa shape index (κ2) is 6.97. The molecule has 1 aliphatic heterocycles. The van der Waals surface area contributed by atoms with Crippen LogP contribution in [0.1, 0.15) is 25.7 Å². The van der Waals surface area contributed by atoms with Crippen LogP contribution in [0.3, 0.4) is 0 Å². The van der Waals surface area contributed by atoms with Crippen molar-refractivity contribution in [2.24, 2.45) is 5.92 Å². The van der Waals surface area contributed by atoms with Crippen molar-refractivity contribution >= 4 is 28.1 Å². The summed E-state index contributed by atoms with van der Waals surface area (Å²) in [6.45, 7) is 3.72. The van der Waals surface area contributed by atoms with Gasteiger partial charge >= 0.3 is 0 Å².